The van der Waals surface area contributed by atoms with Gasteiger partial charge in [-0.1, -0.05) is 12.1 Å². The van der Waals surface area contributed by atoms with Crippen molar-refractivity contribution in [1.29, 1.82) is 0 Å². The molecule has 0 spiro atoms. The highest BCUT2D eigenvalue weighted by atomic mass is 19.4. The fourth-order valence-corrected chi connectivity index (χ4v) is 2.16. The second-order valence-electron chi connectivity index (χ2n) is 4.69. The average molecular weight is 273 g/mol. The van der Waals surface area contributed by atoms with Crippen LogP contribution in [0.4, 0.5) is 18.9 Å². The number of aliphatic hydroxyl groups is 1. The third kappa shape index (κ3) is 3.07. The van der Waals surface area contributed by atoms with Crippen LogP contribution in [0.1, 0.15) is 30.1 Å². The molecule has 0 aromatic heterocycles. The molecule has 1 aliphatic heterocycles. The van der Waals surface area contributed by atoms with Crippen molar-refractivity contribution in [3.63, 3.8) is 0 Å². The predicted octanol–water partition coefficient (Wildman–Crippen LogP) is 2.58. The number of hydrogen-bond donors (Lipinski definition) is 1. The van der Waals surface area contributed by atoms with Crippen LogP contribution in [0.2, 0.25) is 0 Å². The molecule has 1 aromatic carbocycles. The molecule has 3 nitrogen and oxygen atoms in total. The molecule has 1 unspecified atom stereocenters. The molecule has 0 fully saturated rings. The van der Waals surface area contributed by atoms with Crippen LogP contribution in [0.5, 0.6) is 0 Å². The van der Waals surface area contributed by atoms with Gasteiger partial charge in [-0.3, -0.25) is 4.79 Å². The number of hydrogen-bond acceptors (Lipinski definition) is 2. The lowest BCUT2D eigenvalue weighted by Gasteiger charge is -2.15. The molecule has 6 heteroatoms. The maximum Gasteiger partial charge on any atom is 0.389 e. The van der Waals surface area contributed by atoms with Crippen molar-refractivity contribution in [3.8, 4) is 0 Å². The molecule has 2 rings (SSSR count). The van der Waals surface area contributed by atoms with Crippen LogP contribution in [-0.2, 0) is 11.2 Å². The number of amides is 1. The van der Waals surface area contributed by atoms with E-state index in [4.69, 9.17) is 0 Å². The molecule has 1 amide bonds. The minimum atomic E-state index is -4.27. The third-order valence-electron chi connectivity index (χ3n) is 3.27. The maximum absolute atomic E-state index is 12.1. The Balaban J connectivity index is 2.11. The fraction of sp³-hybridized carbons (Fsp3) is 0.462. The summed E-state index contributed by atoms with van der Waals surface area (Å²) in [7, 11) is 1.65. The molecule has 1 aliphatic rings. The Morgan fingerprint density at radius 3 is 2.74 bits per heavy atom. The second kappa shape index (κ2) is 4.85. The maximum atomic E-state index is 12.1. The number of alkyl halides is 3. The Morgan fingerprint density at radius 2 is 2.11 bits per heavy atom. The summed E-state index contributed by atoms with van der Waals surface area (Å²) in [5.74, 6) is -0.0584. The van der Waals surface area contributed by atoms with Gasteiger partial charge in [0.2, 0.25) is 5.91 Å². The monoisotopic (exact) mass is 273 g/mol. The molecule has 0 bridgehead atoms. The van der Waals surface area contributed by atoms with Crippen molar-refractivity contribution in [2.45, 2.75) is 31.5 Å². The summed E-state index contributed by atoms with van der Waals surface area (Å²) in [6, 6.07) is 4.83. The van der Waals surface area contributed by atoms with Crippen molar-refractivity contribution in [1.82, 2.24) is 0 Å². The zero-order valence-corrected chi connectivity index (χ0v) is 10.4. The number of carbonyl (C=O) groups is 1. The third-order valence-corrected chi connectivity index (χ3v) is 3.27. The number of halogens is 3. The average Bonchev–Trinajstić information content (AvgIpc) is 2.61. The van der Waals surface area contributed by atoms with Crippen LogP contribution >= 0.6 is 0 Å². The van der Waals surface area contributed by atoms with Crippen molar-refractivity contribution in [3.05, 3.63) is 29.3 Å². The molecule has 0 radical (unpaired) electrons. The first-order valence-electron chi connectivity index (χ1n) is 5.92. The number of anilines is 1. The number of rotatable bonds is 3. The van der Waals surface area contributed by atoms with Crippen molar-refractivity contribution < 1.29 is 23.1 Å². The van der Waals surface area contributed by atoms with Crippen LogP contribution in [0.15, 0.2) is 18.2 Å². The van der Waals surface area contributed by atoms with E-state index in [1.54, 1.807) is 25.2 Å². The Bertz CT molecular complexity index is 499. The molecule has 1 heterocycles. The van der Waals surface area contributed by atoms with Gasteiger partial charge < -0.3 is 10.0 Å². The Morgan fingerprint density at radius 1 is 1.42 bits per heavy atom. The first-order valence-corrected chi connectivity index (χ1v) is 5.92. The minimum Gasteiger partial charge on any atom is -0.388 e. The van der Waals surface area contributed by atoms with E-state index in [1.165, 1.54) is 4.90 Å². The van der Waals surface area contributed by atoms with Gasteiger partial charge in [-0.25, -0.2) is 0 Å². The Labute approximate surface area is 108 Å². The molecule has 0 saturated heterocycles. The quantitative estimate of drug-likeness (QED) is 0.919. The van der Waals surface area contributed by atoms with Gasteiger partial charge in [-0.05, 0) is 23.6 Å². The van der Waals surface area contributed by atoms with E-state index in [0.717, 1.165) is 11.3 Å². The summed E-state index contributed by atoms with van der Waals surface area (Å²) in [4.78, 5) is 13.0. The number of likely N-dealkylation sites (N-methyl/N-ethyl adjacent to an activating group) is 1. The fourth-order valence-electron chi connectivity index (χ4n) is 2.16. The molecule has 1 atom stereocenters. The van der Waals surface area contributed by atoms with Gasteiger partial charge in [-0.2, -0.15) is 13.2 Å². The predicted molar refractivity (Wildman–Crippen MR) is 63.8 cm³/mol. The minimum absolute atomic E-state index is 0.0584. The number of carbonyl (C=O) groups excluding carboxylic acids is 1. The van der Waals surface area contributed by atoms with Crippen LogP contribution in [-0.4, -0.2) is 24.2 Å². The van der Waals surface area contributed by atoms with Gasteiger partial charge in [0.05, 0.1) is 12.5 Å². The summed E-state index contributed by atoms with van der Waals surface area (Å²) >= 11 is 0. The van der Waals surface area contributed by atoms with Crippen LogP contribution < -0.4 is 4.90 Å². The molecule has 0 aliphatic carbocycles. The van der Waals surface area contributed by atoms with E-state index in [1.807, 2.05) is 0 Å². The van der Waals surface area contributed by atoms with Gasteiger partial charge >= 0.3 is 6.18 Å². The zero-order valence-electron chi connectivity index (χ0n) is 10.4. The van der Waals surface area contributed by atoms with Gasteiger partial charge in [-0.15, -0.1) is 0 Å². The van der Waals surface area contributed by atoms with E-state index in [0.29, 0.717) is 5.56 Å². The van der Waals surface area contributed by atoms with Gasteiger partial charge in [0.25, 0.3) is 0 Å². The number of fused-ring (bicyclic) bond motifs is 1. The lowest BCUT2D eigenvalue weighted by Crippen LogP contribution is -2.20. The molecule has 1 aromatic rings. The molecule has 1 N–H and O–H groups in total. The summed E-state index contributed by atoms with van der Waals surface area (Å²) < 4.78 is 36.3. The largest absolute Gasteiger partial charge is 0.389 e. The van der Waals surface area contributed by atoms with E-state index < -0.39 is 18.7 Å². The van der Waals surface area contributed by atoms with Crippen LogP contribution in [0, 0.1) is 0 Å². The topological polar surface area (TPSA) is 40.5 Å². The summed E-state index contributed by atoms with van der Waals surface area (Å²) in [5.41, 5.74) is 1.92. The van der Waals surface area contributed by atoms with E-state index >= 15 is 0 Å². The molecule has 19 heavy (non-hydrogen) atoms. The summed E-state index contributed by atoms with van der Waals surface area (Å²) in [5, 5.41) is 9.75. The van der Waals surface area contributed by atoms with Crippen molar-refractivity contribution in [2.24, 2.45) is 0 Å². The van der Waals surface area contributed by atoms with E-state index in [9.17, 15) is 23.1 Å². The van der Waals surface area contributed by atoms with E-state index in [-0.39, 0.29) is 18.7 Å². The van der Waals surface area contributed by atoms with Gasteiger partial charge in [0, 0.05) is 19.2 Å². The lowest BCUT2D eigenvalue weighted by molar-refractivity contribution is -0.140. The second-order valence-corrected chi connectivity index (χ2v) is 4.69. The molecular formula is C13H14F3NO2. The lowest BCUT2D eigenvalue weighted by atomic mass is 10.0. The van der Waals surface area contributed by atoms with Gasteiger partial charge in [0.15, 0.2) is 0 Å². The standard InChI is InChI=1S/C13H14F3NO2/c1-17-10-3-2-8(6-9(10)7-12(17)19)11(18)4-5-13(14,15)16/h2-3,6,11,18H,4-5,7H2,1H3. The summed E-state index contributed by atoms with van der Waals surface area (Å²) in [6.07, 6.45) is -6.59. The number of nitrogens with zero attached hydrogens (tertiary/aromatic N) is 1. The van der Waals surface area contributed by atoms with Crippen molar-refractivity contribution in [2.75, 3.05) is 11.9 Å². The van der Waals surface area contributed by atoms with Crippen molar-refractivity contribution >= 4 is 11.6 Å². The first-order chi connectivity index (χ1) is 8.78. The first kappa shape index (κ1) is 13.9. The highest BCUT2D eigenvalue weighted by Gasteiger charge is 2.29. The highest BCUT2D eigenvalue weighted by Crippen LogP contribution is 2.32. The molecule has 0 saturated carbocycles. The molecular weight excluding hydrogens is 259 g/mol. The van der Waals surface area contributed by atoms with Crippen LogP contribution in [0.3, 0.4) is 0 Å². The Kier molecular flexibility index (Phi) is 3.54. The van der Waals surface area contributed by atoms with Crippen LogP contribution in [0.25, 0.3) is 0 Å². The SMILES string of the molecule is CN1C(=O)Cc2cc(C(O)CCC(F)(F)F)ccc21. The van der Waals surface area contributed by atoms with E-state index in [2.05, 4.69) is 0 Å². The molecule has 104 valence electrons. The van der Waals surface area contributed by atoms with Gasteiger partial charge in [0.1, 0.15) is 0 Å². The highest BCUT2D eigenvalue weighted by molar-refractivity contribution is 6.00. The Hall–Kier alpha value is -1.56. The number of aliphatic hydroxyl groups excluding tert-OH is 1. The summed E-state index contributed by atoms with van der Waals surface area (Å²) in [6.45, 7) is 0. The smallest absolute Gasteiger partial charge is 0.388 e. The normalized spacial score (nSPS) is 16.7. The zero-order chi connectivity index (χ0) is 14.2. The number of benzene rings is 1.